The third kappa shape index (κ3) is 5.16. The van der Waals surface area contributed by atoms with Gasteiger partial charge in [-0.2, -0.15) is 0 Å². The van der Waals surface area contributed by atoms with Crippen LogP contribution in [0.1, 0.15) is 19.8 Å². The second kappa shape index (κ2) is 9.15. The minimum absolute atomic E-state index is 0.299. The van der Waals surface area contributed by atoms with Gasteiger partial charge in [0.15, 0.2) is 0 Å². The molecule has 0 spiro atoms. The largest absolute Gasteiger partial charge is 0.354 e. The molecule has 2 saturated heterocycles. The summed E-state index contributed by atoms with van der Waals surface area (Å²) in [6, 6.07) is 6.02. The molecule has 0 unspecified atom stereocenters. The molecule has 1 aromatic rings. The lowest BCUT2D eigenvalue weighted by molar-refractivity contribution is -0.133. The Hall–Kier alpha value is -1.66. The van der Waals surface area contributed by atoms with Gasteiger partial charge in [0.05, 0.1) is 6.54 Å². The Labute approximate surface area is 151 Å². The fourth-order valence-corrected chi connectivity index (χ4v) is 3.70. The molecule has 0 aliphatic carbocycles. The van der Waals surface area contributed by atoms with Gasteiger partial charge in [-0.3, -0.25) is 9.69 Å². The maximum absolute atomic E-state index is 12.6. The van der Waals surface area contributed by atoms with Crippen molar-refractivity contribution in [3.05, 3.63) is 24.4 Å². The van der Waals surface area contributed by atoms with E-state index in [4.69, 9.17) is 0 Å². The zero-order chi connectivity index (χ0) is 17.5. The highest BCUT2D eigenvalue weighted by Crippen LogP contribution is 2.17. The Balaban J connectivity index is 1.38. The second-order valence-electron chi connectivity index (χ2n) is 7.08. The molecule has 6 nitrogen and oxygen atoms in total. The zero-order valence-electron chi connectivity index (χ0n) is 15.4. The van der Waals surface area contributed by atoms with Gasteiger partial charge < -0.3 is 15.1 Å². The van der Waals surface area contributed by atoms with Crippen molar-refractivity contribution < 1.29 is 4.79 Å². The molecule has 6 heteroatoms. The first kappa shape index (κ1) is 18.1. The Morgan fingerprint density at radius 3 is 2.56 bits per heavy atom. The summed E-state index contributed by atoms with van der Waals surface area (Å²) >= 11 is 0. The average molecular weight is 345 g/mol. The summed E-state index contributed by atoms with van der Waals surface area (Å²) in [4.78, 5) is 23.6. The van der Waals surface area contributed by atoms with Gasteiger partial charge >= 0.3 is 0 Å². The van der Waals surface area contributed by atoms with E-state index in [9.17, 15) is 4.79 Å². The van der Waals surface area contributed by atoms with Crippen molar-refractivity contribution in [3.63, 3.8) is 0 Å². The first-order valence-electron chi connectivity index (χ1n) is 9.63. The third-order valence-corrected chi connectivity index (χ3v) is 5.35. The normalized spacial score (nSPS) is 20.0. The number of amides is 1. The Morgan fingerprint density at radius 1 is 1.16 bits per heavy atom. The molecule has 1 amide bonds. The Bertz CT molecular complexity index is 522. The number of anilines is 1. The Morgan fingerprint density at radius 2 is 1.92 bits per heavy atom. The van der Waals surface area contributed by atoms with E-state index in [-0.39, 0.29) is 0 Å². The van der Waals surface area contributed by atoms with E-state index in [0.29, 0.717) is 12.5 Å². The summed E-state index contributed by atoms with van der Waals surface area (Å²) in [6.45, 7) is 10.4. The van der Waals surface area contributed by atoms with E-state index < -0.39 is 0 Å². The zero-order valence-corrected chi connectivity index (χ0v) is 15.4. The number of piperazine rings is 1. The quantitative estimate of drug-likeness (QED) is 0.835. The molecule has 0 radical (unpaired) electrons. The molecule has 0 bridgehead atoms. The fraction of sp³-hybridized carbons (Fsp3) is 0.684. The monoisotopic (exact) mass is 345 g/mol. The molecule has 138 valence electrons. The molecule has 25 heavy (non-hydrogen) atoms. The van der Waals surface area contributed by atoms with Gasteiger partial charge in [0.1, 0.15) is 5.82 Å². The number of aromatic nitrogens is 1. The van der Waals surface area contributed by atoms with Crippen LogP contribution in [0.5, 0.6) is 0 Å². The van der Waals surface area contributed by atoms with Crippen molar-refractivity contribution in [1.82, 2.24) is 20.1 Å². The minimum Gasteiger partial charge on any atom is -0.354 e. The van der Waals surface area contributed by atoms with Crippen LogP contribution in [0.25, 0.3) is 0 Å². The van der Waals surface area contributed by atoms with Crippen LogP contribution >= 0.6 is 0 Å². The van der Waals surface area contributed by atoms with Crippen molar-refractivity contribution in [1.29, 1.82) is 0 Å². The van der Waals surface area contributed by atoms with E-state index in [1.54, 1.807) is 0 Å². The molecule has 2 aliphatic heterocycles. The van der Waals surface area contributed by atoms with E-state index in [0.717, 1.165) is 76.9 Å². The highest BCUT2D eigenvalue weighted by Gasteiger charge is 2.25. The molecular weight excluding hydrogens is 314 g/mol. The number of nitrogens with zero attached hydrogens (tertiary/aromatic N) is 4. The van der Waals surface area contributed by atoms with Crippen molar-refractivity contribution >= 4 is 11.7 Å². The number of rotatable bonds is 6. The number of nitrogens with one attached hydrogen (secondary N) is 1. The van der Waals surface area contributed by atoms with Crippen LogP contribution in [0, 0.1) is 5.92 Å². The minimum atomic E-state index is 0.299. The first-order chi connectivity index (χ1) is 12.3. The fourth-order valence-electron chi connectivity index (χ4n) is 3.70. The summed E-state index contributed by atoms with van der Waals surface area (Å²) < 4.78 is 0. The lowest BCUT2D eigenvalue weighted by atomic mass is 9.96. The van der Waals surface area contributed by atoms with Gasteiger partial charge in [-0.25, -0.2) is 4.98 Å². The molecule has 3 rings (SSSR count). The number of hydrogen-bond donors (Lipinski definition) is 1. The van der Waals surface area contributed by atoms with Gasteiger partial charge in [-0.15, -0.1) is 0 Å². The standard InChI is InChI=1S/C19H31N5O/c1-2-20-15-17-6-9-24(10-7-17)19(25)16-22-11-13-23(14-12-22)18-5-3-4-8-21-18/h3-5,8,17,20H,2,6-7,9-16H2,1H3. The predicted molar refractivity (Wildman–Crippen MR) is 101 cm³/mol. The third-order valence-electron chi connectivity index (χ3n) is 5.35. The molecule has 0 aromatic carbocycles. The van der Waals surface area contributed by atoms with Crippen LogP contribution in [0.2, 0.25) is 0 Å². The van der Waals surface area contributed by atoms with Crippen LogP contribution in [-0.4, -0.2) is 79.6 Å². The van der Waals surface area contributed by atoms with Crippen molar-refractivity contribution in [3.8, 4) is 0 Å². The maximum Gasteiger partial charge on any atom is 0.236 e. The maximum atomic E-state index is 12.6. The summed E-state index contributed by atoms with van der Waals surface area (Å²) in [6.07, 6.45) is 4.10. The highest BCUT2D eigenvalue weighted by molar-refractivity contribution is 5.78. The van der Waals surface area contributed by atoms with Crippen LogP contribution in [0.4, 0.5) is 5.82 Å². The second-order valence-corrected chi connectivity index (χ2v) is 7.08. The van der Waals surface area contributed by atoms with Crippen molar-refractivity contribution in [2.24, 2.45) is 5.92 Å². The van der Waals surface area contributed by atoms with Crippen molar-refractivity contribution in [2.75, 3.05) is 63.8 Å². The van der Waals surface area contributed by atoms with Crippen LogP contribution in [-0.2, 0) is 4.79 Å². The lowest BCUT2D eigenvalue weighted by Crippen LogP contribution is -2.51. The van der Waals surface area contributed by atoms with E-state index in [1.807, 2.05) is 18.3 Å². The number of likely N-dealkylation sites (tertiary alicyclic amines) is 1. The van der Waals surface area contributed by atoms with Crippen LogP contribution in [0.3, 0.4) is 0 Å². The summed E-state index contributed by atoms with van der Waals surface area (Å²) in [5.74, 6) is 2.07. The highest BCUT2D eigenvalue weighted by atomic mass is 16.2. The molecule has 0 saturated carbocycles. The number of piperidine rings is 1. The number of carbonyl (C=O) groups is 1. The topological polar surface area (TPSA) is 51.7 Å². The van der Waals surface area contributed by atoms with Gasteiger partial charge in [-0.05, 0) is 44.0 Å². The van der Waals surface area contributed by atoms with E-state index >= 15 is 0 Å². The lowest BCUT2D eigenvalue weighted by Gasteiger charge is -2.37. The summed E-state index contributed by atoms with van der Waals surface area (Å²) in [5, 5.41) is 3.42. The van der Waals surface area contributed by atoms with Crippen LogP contribution < -0.4 is 10.2 Å². The smallest absolute Gasteiger partial charge is 0.236 e. The summed E-state index contributed by atoms with van der Waals surface area (Å²) in [5.41, 5.74) is 0. The van der Waals surface area contributed by atoms with Gasteiger partial charge in [0.25, 0.3) is 0 Å². The summed E-state index contributed by atoms with van der Waals surface area (Å²) in [7, 11) is 0. The van der Waals surface area contributed by atoms with Gasteiger partial charge in [0.2, 0.25) is 5.91 Å². The molecule has 3 heterocycles. The van der Waals surface area contributed by atoms with E-state index in [2.05, 4.69) is 38.0 Å². The number of hydrogen-bond acceptors (Lipinski definition) is 5. The molecule has 1 aromatic heterocycles. The van der Waals surface area contributed by atoms with Gasteiger partial charge in [-0.1, -0.05) is 13.0 Å². The van der Waals surface area contributed by atoms with Gasteiger partial charge in [0, 0.05) is 45.5 Å². The van der Waals surface area contributed by atoms with Crippen LogP contribution in [0.15, 0.2) is 24.4 Å². The molecule has 2 aliphatic rings. The van der Waals surface area contributed by atoms with Crippen molar-refractivity contribution in [2.45, 2.75) is 19.8 Å². The first-order valence-corrected chi connectivity index (χ1v) is 9.63. The molecule has 0 atom stereocenters. The average Bonchev–Trinajstić information content (AvgIpc) is 2.68. The number of pyridine rings is 1. The molecule has 1 N–H and O–H groups in total. The Kier molecular flexibility index (Phi) is 6.64. The number of carbonyl (C=O) groups excluding carboxylic acids is 1. The SMILES string of the molecule is CCNCC1CCN(C(=O)CN2CCN(c3ccccn3)CC2)CC1. The molecular formula is C19H31N5O. The molecule has 2 fully saturated rings. The van der Waals surface area contributed by atoms with E-state index in [1.165, 1.54) is 0 Å². The predicted octanol–water partition coefficient (Wildman–Crippen LogP) is 1.05.